The van der Waals surface area contributed by atoms with E-state index >= 15 is 0 Å². The third-order valence-electron chi connectivity index (χ3n) is 2.18. The molecule has 0 saturated heterocycles. The molecule has 0 spiro atoms. The summed E-state index contributed by atoms with van der Waals surface area (Å²) >= 11 is 14.9. The van der Waals surface area contributed by atoms with Gasteiger partial charge in [-0.2, -0.15) is 0 Å². The maximum absolute atomic E-state index is 11.9. The van der Waals surface area contributed by atoms with Crippen molar-refractivity contribution in [3.8, 4) is 0 Å². The maximum Gasteiger partial charge on any atom is 0.251 e. The molecule has 0 unspecified atom stereocenters. The van der Waals surface area contributed by atoms with Crippen LogP contribution in [-0.2, 0) is 4.79 Å². The Morgan fingerprint density at radius 2 is 2.06 bits per heavy atom. The molecule has 1 aromatic rings. The lowest BCUT2D eigenvalue weighted by Gasteiger charge is -2.16. The molecule has 0 heterocycles. The zero-order chi connectivity index (χ0) is 13.7. The molecule has 0 bridgehead atoms. The Kier molecular flexibility index (Phi) is 6.43. The van der Waals surface area contributed by atoms with Gasteiger partial charge in [0.05, 0.1) is 38.4 Å². The molecule has 100 valence electrons. The monoisotopic (exact) mass is 352 g/mol. The van der Waals surface area contributed by atoms with E-state index in [2.05, 4.69) is 35.3 Å². The number of rotatable bonds is 5. The van der Waals surface area contributed by atoms with E-state index in [9.17, 15) is 4.79 Å². The summed E-state index contributed by atoms with van der Waals surface area (Å²) in [6.07, 6.45) is 0. The smallest absolute Gasteiger partial charge is 0.251 e. The van der Waals surface area contributed by atoms with E-state index in [1.807, 2.05) is 0 Å². The molecule has 1 rings (SSSR count). The van der Waals surface area contributed by atoms with Crippen LogP contribution in [0.5, 0.6) is 0 Å². The van der Waals surface area contributed by atoms with Crippen LogP contribution >= 0.6 is 39.3 Å². The summed E-state index contributed by atoms with van der Waals surface area (Å²) in [5.74, 6) is 0.417. The molecule has 0 aliphatic heterocycles. The number of benzene rings is 1. The highest BCUT2D eigenvalue weighted by atomic mass is 79.9. The predicted molar refractivity (Wildman–Crippen MR) is 80.6 cm³/mol. The third-order valence-corrected chi connectivity index (χ3v) is 3.72. The van der Waals surface area contributed by atoms with Gasteiger partial charge in [0, 0.05) is 0 Å². The standard InChI is InChI=1S/C12H15BrCl2N2O/c1-8(2)6-16-7-12(18)17(13)9-3-4-10(14)11(15)5-9/h3-5,8,16H,6-7H2,1-2H3. The van der Waals surface area contributed by atoms with E-state index in [0.717, 1.165) is 6.54 Å². The Morgan fingerprint density at radius 3 is 2.61 bits per heavy atom. The van der Waals surface area contributed by atoms with Crippen molar-refractivity contribution in [2.45, 2.75) is 13.8 Å². The minimum atomic E-state index is -0.0889. The van der Waals surface area contributed by atoms with Crippen molar-refractivity contribution in [2.24, 2.45) is 5.92 Å². The number of amides is 1. The van der Waals surface area contributed by atoms with E-state index in [-0.39, 0.29) is 12.5 Å². The number of nitrogens with zero attached hydrogens (tertiary/aromatic N) is 1. The fourth-order valence-corrected chi connectivity index (χ4v) is 1.93. The highest BCUT2D eigenvalue weighted by Gasteiger charge is 2.13. The van der Waals surface area contributed by atoms with E-state index < -0.39 is 0 Å². The van der Waals surface area contributed by atoms with Gasteiger partial charge in [-0.05, 0) is 30.7 Å². The van der Waals surface area contributed by atoms with Crippen molar-refractivity contribution in [1.29, 1.82) is 0 Å². The summed E-state index contributed by atoms with van der Waals surface area (Å²) in [6, 6.07) is 5.02. The number of hydrogen-bond donors (Lipinski definition) is 1. The van der Waals surface area contributed by atoms with Crippen molar-refractivity contribution in [3.05, 3.63) is 28.2 Å². The molecule has 1 N–H and O–H groups in total. The van der Waals surface area contributed by atoms with Gasteiger partial charge in [-0.3, -0.25) is 4.79 Å². The minimum absolute atomic E-state index is 0.0889. The average molecular weight is 354 g/mol. The molecule has 0 fully saturated rings. The summed E-state index contributed by atoms with van der Waals surface area (Å²) in [6.45, 7) is 5.24. The Balaban J connectivity index is 2.60. The van der Waals surface area contributed by atoms with Crippen LogP contribution in [0.4, 0.5) is 5.69 Å². The van der Waals surface area contributed by atoms with Crippen LogP contribution in [0, 0.1) is 5.92 Å². The molecule has 0 atom stereocenters. The highest BCUT2D eigenvalue weighted by Crippen LogP contribution is 2.28. The van der Waals surface area contributed by atoms with E-state index in [0.29, 0.717) is 21.7 Å². The number of carbonyl (C=O) groups is 1. The van der Waals surface area contributed by atoms with Gasteiger partial charge in [0.25, 0.3) is 5.91 Å². The van der Waals surface area contributed by atoms with Gasteiger partial charge in [0.15, 0.2) is 0 Å². The molecule has 0 aromatic heterocycles. The van der Waals surface area contributed by atoms with Crippen molar-refractivity contribution in [1.82, 2.24) is 5.32 Å². The number of nitrogens with one attached hydrogen (secondary N) is 1. The van der Waals surface area contributed by atoms with Crippen molar-refractivity contribution in [3.63, 3.8) is 0 Å². The first kappa shape index (κ1) is 15.8. The normalized spacial score (nSPS) is 10.8. The van der Waals surface area contributed by atoms with E-state index in [4.69, 9.17) is 23.2 Å². The first-order chi connectivity index (χ1) is 8.41. The highest BCUT2D eigenvalue weighted by molar-refractivity contribution is 9.10. The van der Waals surface area contributed by atoms with Gasteiger partial charge >= 0.3 is 0 Å². The van der Waals surface area contributed by atoms with Gasteiger partial charge in [0.1, 0.15) is 0 Å². The Bertz CT molecular complexity index is 427. The number of halogens is 3. The molecule has 0 aliphatic rings. The zero-order valence-electron chi connectivity index (χ0n) is 10.2. The van der Waals surface area contributed by atoms with Crippen LogP contribution in [0.2, 0.25) is 10.0 Å². The van der Waals surface area contributed by atoms with Crippen molar-refractivity contribution < 1.29 is 4.79 Å². The van der Waals surface area contributed by atoms with Gasteiger partial charge < -0.3 is 5.32 Å². The summed E-state index contributed by atoms with van der Waals surface area (Å²) in [5.41, 5.74) is 0.653. The lowest BCUT2D eigenvalue weighted by atomic mass is 10.2. The molecule has 6 heteroatoms. The van der Waals surface area contributed by atoms with Crippen LogP contribution in [0.25, 0.3) is 0 Å². The van der Waals surface area contributed by atoms with Crippen LogP contribution in [0.1, 0.15) is 13.8 Å². The summed E-state index contributed by atoms with van der Waals surface area (Å²) in [4.78, 5) is 11.9. The molecule has 0 aliphatic carbocycles. The van der Waals surface area contributed by atoms with E-state index in [1.165, 1.54) is 3.93 Å². The van der Waals surface area contributed by atoms with Gasteiger partial charge in [0.2, 0.25) is 0 Å². The first-order valence-electron chi connectivity index (χ1n) is 5.56. The van der Waals surface area contributed by atoms with E-state index in [1.54, 1.807) is 18.2 Å². The second-order valence-corrected chi connectivity index (χ2v) is 5.82. The number of carbonyl (C=O) groups excluding carboxylic acids is 1. The average Bonchev–Trinajstić information content (AvgIpc) is 2.31. The molecule has 0 saturated carbocycles. The molecule has 1 aromatic carbocycles. The van der Waals surface area contributed by atoms with Crippen LogP contribution < -0.4 is 9.24 Å². The topological polar surface area (TPSA) is 32.3 Å². The summed E-state index contributed by atoms with van der Waals surface area (Å²) in [5, 5.41) is 3.96. The molecule has 18 heavy (non-hydrogen) atoms. The summed E-state index contributed by atoms with van der Waals surface area (Å²) in [7, 11) is 0. The Morgan fingerprint density at radius 1 is 1.39 bits per heavy atom. The Labute approximate surface area is 126 Å². The fraction of sp³-hybridized carbons (Fsp3) is 0.417. The first-order valence-corrected chi connectivity index (χ1v) is 7.03. The minimum Gasteiger partial charge on any atom is -0.308 e. The Hall–Kier alpha value is -0.290. The predicted octanol–water partition coefficient (Wildman–Crippen LogP) is 3.88. The van der Waals surface area contributed by atoms with Crippen LogP contribution in [0.3, 0.4) is 0 Å². The second kappa shape index (κ2) is 7.34. The maximum atomic E-state index is 11.9. The molecular weight excluding hydrogens is 339 g/mol. The van der Waals surface area contributed by atoms with Crippen LogP contribution in [0.15, 0.2) is 18.2 Å². The third kappa shape index (κ3) is 4.76. The molecule has 0 radical (unpaired) electrons. The number of anilines is 1. The van der Waals surface area contributed by atoms with Gasteiger partial charge in [-0.15, -0.1) is 0 Å². The second-order valence-electron chi connectivity index (χ2n) is 4.30. The van der Waals surface area contributed by atoms with Crippen LogP contribution in [-0.4, -0.2) is 19.0 Å². The fourth-order valence-electron chi connectivity index (χ4n) is 1.29. The molecule has 1 amide bonds. The number of hydrogen-bond acceptors (Lipinski definition) is 2. The van der Waals surface area contributed by atoms with Crippen molar-refractivity contribution in [2.75, 3.05) is 17.0 Å². The lowest BCUT2D eigenvalue weighted by Crippen LogP contribution is -2.33. The van der Waals surface area contributed by atoms with Gasteiger partial charge in [-0.25, -0.2) is 3.93 Å². The largest absolute Gasteiger partial charge is 0.308 e. The quantitative estimate of drug-likeness (QED) is 0.814. The zero-order valence-corrected chi connectivity index (χ0v) is 13.3. The summed E-state index contributed by atoms with van der Waals surface area (Å²) < 4.78 is 1.38. The lowest BCUT2D eigenvalue weighted by molar-refractivity contribution is -0.116. The molecule has 3 nitrogen and oxygen atoms in total. The SMILES string of the molecule is CC(C)CNCC(=O)N(Br)c1ccc(Cl)c(Cl)c1. The van der Waals surface area contributed by atoms with Gasteiger partial charge in [-0.1, -0.05) is 37.0 Å². The molecular formula is C12H15BrCl2N2O. The van der Waals surface area contributed by atoms with Crippen molar-refractivity contribution >= 4 is 50.9 Å².